The monoisotopic (exact) mass is 473 g/mol. The van der Waals surface area contributed by atoms with Crippen LogP contribution >= 0.6 is 0 Å². The molecule has 3 aromatic rings. The van der Waals surface area contributed by atoms with Gasteiger partial charge in [0, 0.05) is 24.1 Å². The number of hydrogen-bond acceptors (Lipinski definition) is 6. The highest BCUT2D eigenvalue weighted by atomic mass is 16.5. The molecule has 2 amide bonds. The SMILES string of the molecule is COC(=O)NC(=N)c1ccc(-c2ccc(C(=O)NCCCC(=O)OCc3ccccc3)cc2)cc1. The first-order valence-electron chi connectivity index (χ1n) is 11.1. The minimum absolute atomic E-state index is 0.0557. The molecular weight excluding hydrogens is 446 g/mol. The Kier molecular flexibility index (Phi) is 9.13. The van der Waals surface area contributed by atoms with E-state index in [9.17, 15) is 14.4 Å². The lowest BCUT2D eigenvalue weighted by molar-refractivity contribution is -0.145. The second-order valence-corrected chi connectivity index (χ2v) is 7.65. The molecule has 0 saturated carbocycles. The highest BCUT2D eigenvalue weighted by Crippen LogP contribution is 2.20. The zero-order valence-corrected chi connectivity index (χ0v) is 19.4. The van der Waals surface area contributed by atoms with Crippen molar-refractivity contribution in [2.24, 2.45) is 0 Å². The van der Waals surface area contributed by atoms with Crippen LogP contribution in [0.5, 0.6) is 0 Å². The Morgan fingerprint density at radius 1 is 0.829 bits per heavy atom. The third-order valence-electron chi connectivity index (χ3n) is 5.15. The molecule has 0 unspecified atom stereocenters. The Labute approximate surface area is 203 Å². The molecule has 0 aliphatic heterocycles. The van der Waals surface area contributed by atoms with Crippen molar-refractivity contribution in [3.05, 3.63) is 95.6 Å². The number of rotatable bonds is 9. The van der Waals surface area contributed by atoms with Crippen LogP contribution in [0.4, 0.5) is 4.79 Å². The highest BCUT2D eigenvalue weighted by molar-refractivity contribution is 6.04. The number of esters is 1. The zero-order chi connectivity index (χ0) is 25.0. The van der Waals surface area contributed by atoms with Crippen LogP contribution in [0.3, 0.4) is 0 Å². The van der Waals surface area contributed by atoms with Gasteiger partial charge in [-0.15, -0.1) is 0 Å². The van der Waals surface area contributed by atoms with Crippen LogP contribution in [0.2, 0.25) is 0 Å². The van der Waals surface area contributed by atoms with E-state index in [1.165, 1.54) is 7.11 Å². The van der Waals surface area contributed by atoms with Gasteiger partial charge in [0.05, 0.1) is 7.11 Å². The maximum atomic E-state index is 12.4. The molecule has 0 aliphatic rings. The fourth-order valence-corrected chi connectivity index (χ4v) is 3.22. The lowest BCUT2D eigenvalue weighted by Crippen LogP contribution is -2.30. The average Bonchev–Trinajstić information content (AvgIpc) is 2.90. The van der Waals surface area contributed by atoms with Crippen molar-refractivity contribution < 1.29 is 23.9 Å². The lowest BCUT2D eigenvalue weighted by atomic mass is 10.0. The Hall–Kier alpha value is -4.46. The van der Waals surface area contributed by atoms with E-state index in [0.717, 1.165) is 16.7 Å². The first-order chi connectivity index (χ1) is 17.0. The van der Waals surface area contributed by atoms with E-state index in [1.54, 1.807) is 24.3 Å². The lowest BCUT2D eigenvalue weighted by Gasteiger charge is -2.08. The van der Waals surface area contributed by atoms with Crippen LogP contribution in [0.15, 0.2) is 78.9 Å². The van der Waals surface area contributed by atoms with E-state index in [4.69, 9.17) is 10.1 Å². The van der Waals surface area contributed by atoms with E-state index in [1.807, 2.05) is 54.6 Å². The molecule has 0 radical (unpaired) electrons. The van der Waals surface area contributed by atoms with Crippen LogP contribution in [0, 0.1) is 5.41 Å². The van der Waals surface area contributed by atoms with Crippen molar-refractivity contribution >= 4 is 23.8 Å². The van der Waals surface area contributed by atoms with Gasteiger partial charge in [0.1, 0.15) is 12.4 Å². The summed E-state index contributed by atoms with van der Waals surface area (Å²) in [4.78, 5) is 35.5. The topological polar surface area (TPSA) is 118 Å². The number of amidine groups is 1. The first kappa shape index (κ1) is 25.2. The van der Waals surface area contributed by atoms with Gasteiger partial charge in [0.25, 0.3) is 5.91 Å². The number of carbonyl (C=O) groups excluding carboxylic acids is 3. The number of carbonyl (C=O) groups is 3. The summed E-state index contributed by atoms with van der Waals surface area (Å²) in [5.41, 5.74) is 3.80. The van der Waals surface area contributed by atoms with Crippen molar-refractivity contribution in [2.45, 2.75) is 19.4 Å². The van der Waals surface area contributed by atoms with Gasteiger partial charge in [-0.3, -0.25) is 20.3 Å². The Morgan fingerprint density at radius 3 is 2.03 bits per heavy atom. The Morgan fingerprint density at radius 2 is 1.43 bits per heavy atom. The molecule has 35 heavy (non-hydrogen) atoms. The standard InChI is InChI=1S/C27H27N3O5/c1-34-27(33)30-25(28)22-13-9-20(10-14-22)21-11-15-23(16-12-21)26(32)29-17-5-8-24(31)35-18-19-6-3-2-4-7-19/h2-4,6-7,9-16H,5,8,17-18H2,1H3,(H,29,32)(H2,28,30,33). The number of nitrogens with one attached hydrogen (secondary N) is 3. The molecule has 0 fully saturated rings. The molecule has 3 rings (SSSR count). The van der Waals surface area contributed by atoms with Gasteiger partial charge >= 0.3 is 12.1 Å². The summed E-state index contributed by atoms with van der Waals surface area (Å²) in [5, 5.41) is 13.0. The van der Waals surface area contributed by atoms with E-state index in [-0.39, 0.29) is 30.7 Å². The van der Waals surface area contributed by atoms with E-state index >= 15 is 0 Å². The zero-order valence-electron chi connectivity index (χ0n) is 19.4. The summed E-state index contributed by atoms with van der Waals surface area (Å²) in [6.07, 6.45) is 0.0223. The van der Waals surface area contributed by atoms with Gasteiger partial charge < -0.3 is 14.8 Å². The van der Waals surface area contributed by atoms with E-state index in [2.05, 4.69) is 15.4 Å². The third kappa shape index (κ3) is 7.82. The molecule has 0 spiro atoms. The number of hydrogen-bond donors (Lipinski definition) is 3. The first-order valence-corrected chi connectivity index (χ1v) is 11.1. The van der Waals surface area contributed by atoms with Crippen molar-refractivity contribution in [3.63, 3.8) is 0 Å². The van der Waals surface area contributed by atoms with Gasteiger partial charge in [0.15, 0.2) is 0 Å². The molecule has 8 heteroatoms. The van der Waals surface area contributed by atoms with E-state index < -0.39 is 6.09 Å². The van der Waals surface area contributed by atoms with E-state index in [0.29, 0.717) is 24.1 Å². The van der Waals surface area contributed by atoms with Crippen molar-refractivity contribution in [2.75, 3.05) is 13.7 Å². The summed E-state index contributed by atoms with van der Waals surface area (Å²) in [5.74, 6) is -0.568. The number of benzene rings is 3. The van der Waals surface area contributed by atoms with Crippen LogP contribution < -0.4 is 10.6 Å². The van der Waals surface area contributed by atoms with Crippen LogP contribution in [0.25, 0.3) is 11.1 Å². The van der Waals surface area contributed by atoms with Crippen molar-refractivity contribution in [1.29, 1.82) is 5.41 Å². The van der Waals surface area contributed by atoms with Gasteiger partial charge in [-0.25, -0.2) is 4.79 Å². The predicted octanol–water partition coefficient (Wildman–Crippen LogP) is 4.29. The summed E-state index contributed by atoms with van der Waals surface area (Å²) in [7, 11) is 1.24. The molecule has 0 aromatic heterocycles. The fourth-order valence-electron chi connectivity index (χ4n) is 3.22. The molecule has 180 valence electrons. The normalized spacial score (nSPS) is 10.2. The maximum absolute atomic E-state index is 12.4. The second-order valence-electron chi connectivity index (χ2n) is 7.65. The molecule has 8 nitrogen and oxygen atoms in total. The third-order valence-corrected chi connectivity index (χ3v) is 5.15. The number of alkyl carbamates (subject to hydrolysis) is 1. The van der Waals surface area contributed by atoms with Gasteiger partial charge in [0.2, 0.25) is 0 Å². The highest BCUT2D eigenvalue weighted by Gasteiger charge is 2.09. The van der Waals surface area contributed by atoms with Crippen LogP contribution in [-0.4, -0.2) is 37.5 Å². The quantitative estimate of drug-likeness (QED) is 0.185. The molecule has 0 heterocycles. The van der Waals surface area contributed by atoms with Crippen LogP contribution in [0.1, 0.15) is 34.3 Å². The largest absolute Gasteiger partial charge is 0.461 e. The minimum Gasteiger partial charge on any atom is -0.461 e. The van der Waals surface area contributed by atoms with Gasteiger partial charge in [-0.1, -0.05) is 66.7 Å². The summed E-state index contributed by atoms with van der Waals surface area (Å²) in [6, 6.07) is 23.7. The molecule has 0 atom stereocenters. The molecular formula is C27H27N3O5. The minimum atomic E-state index is -0.698. The maximum Gasteiger partial charge on any atom is 0.412 e. The summed E-state index contributed by atoms with van der Waals surface area (Å²) >= 11 is 0. The van der Waals surface area contributed by atoms with Crippen molar-refractivity contribution in [1.82, 2.24) is 10.6 Å². The smallest absolute Gasteiger partial charge is 0.412 e. The predicted molar refractivity (Wildman–Crippen MR) is 132 cm³/mol. The number of amides is 2. The second kappa shape index (κ2) is 12.7. The van der Waals surface area contributed by atoms with Crippen molar-refractivity contribution in [3.8, 4) is 11.1 Å². The summed E-state index contributed by atoms with van der Waals surface area (Å²) in [6.45, 7) is 0.613. The Bertz CT molecular complexity index is 1160. The summed E-state index contributed by atoms with van der Waals surface area (Å²) < 4.78 is 9.72. The van der Waals surface area contributed by atoms with Crippen LogP contribution in [-0.2, 0) is 20.9 Å². The molecule has 0 aliphatic carbocycles. The number of methoxy groups -OCH3 is 1. The molecule has 3 aromatic carbocycles. The average molecular weight is 474 g/mol. The van der Waals surface area contributed by atoms with Gasteiger partial charge in [-0.2, -0.15) is 0 Å². The molecule has 0 bridgehead atoms. The van der Waals surface area contributed by atoms with Gasteiger partial charge in [-0.05, 0) is 35.2 Å². The number of ether oxygens (including phenoxy) is 2. The Balaban J connectivity index is 1.42. The molecule has 0 saturated heterocycles. The fraction of sp³-hybridized carbons (Fsp3) is 0.185. The molecule has 3 N–H and O–H groups in total.